The normalized spacial score (nSPS) is 11.6. The van der Waals surface area contributed by atoms with Gasteiger partial charge in [0, 0.05) is 23.5 Å². The minimum atomic E-state index is -0.256. The summed E-state index contributed by atoms with van der Waals surface area (Å²) < 4.78 is 13.2. The van der Waals surface area contributed by atoms with Crippen molar-refractivity contribution in [1.29, 1.82) is 0 Å². The van der Waals surface area contributed by atoms with Crippen molar-refractivity contribution in [2.24, 2.45) is 0 Å². The summed E-state index contributed by atoms with van der Waals surface area (Å²) >= 11 is 6.06. The highest BCUT2D eigenvalue weighted by atomic mass is 35.5. The van der Waals surface area contributed by atoms with Crippen molar-refractivity contribution in [3.8, 4) is 0 Å². The van der Waals surface area contributed by atoms with Crippen LogP contribution in [0.4, 0.5) is 4.39 Å². The van der Waals surface area contributed by atoms with Crippen LogP contribution in [0.15, 0.2) is 48.5 Å². The molecule has 0 spiro atoms. The van der Waals surface area contributed by atoms with E-state index in [0.29, 0.717) is 11.6 Å². The predicted octanol–water partition coefficient (Wildman–Crippen LogP) is 4.55. The maximum atomic E-state index is 13.2. The molecule has 0 saturated heterocycles. The molecule has 3 heteroatoms. The lowest BCUT2D eigenvalue weighted by Gasteiger charge is -2.26. The summed E-state index contributed by atoms with van der Waals surface area (Å²) in [7, 11) is 0. The van der Waals surface area contributed by atoms with E-state index in [1.165, 1.54) is 17.7 Å². The third-order valence-electron chi connectivity index (χ3n) is 3.45. The van der Waals surface area contributed by atoms with Gasteiger partial charge >= 0.3 is 0 Å². The molecule has 2 aromatic carbocycles. The molecule has 0 aromatic heterocycles. The summed E-state index contributed by atoms with van der Waals surface area (Å²) in [6, 6.07) is 14.8. The third kappa shape index (κ3) is 3.81. The summed E-state index contributed by atoms with van der Waals surface area (Å²) in [6.07, 6.45) is 0. The van der Waals surface area contributed by atoms with Gasteiger partial charge in [-0.05, 0) is 29.3 Å². The number of hydrogen-bond acceptors (Lipinski definition) is 1. The number of nitrogens with one attached hydrogen (secondary N) is 1. The fourth-order valence-electron chi connectivity index (χ4n) is 2.18. The Morgan fingerprint density at radius 1 is 1.10 bits per heavy atom. The molecule has 106 valence electrons. The Morgan fingerprint density at radius 3 is 2.50 bits per heavy atom. The minimum absolute atomic E-state index is 0.0149. The second-order valence-corrected chi connectivity index (χ2v) is 6.00. The summed E-state index contributed by atoms with van der Waals surface area (Å²) in [4.78, 5) is 0. The number of hydrogen-bond donors (Lipinski definition) is 1. The first kappa shape index (κ1) is 15.0. The van der Waals surface area contributed by atoms with E-state index >= 15 is 0 Å². The van der Waals surface area contributed by atoms with Crippen molar-refractivity contribution in [3.05, 3.63) is 70.5 Å². The molecule has 2 aromatic rings. The lowest BCUT2D eigenvalue weighted by atomic mass is 9.84. The number of halogens is 2. The molecule has 0 aliphatic carbocycles. The highest BCUT2D eigenvalue weighted by Gasteiger charge is 2.19. The molecule has 0 unspecified atom stereocenters. The van der Waals surface area contributed by atoms with E-state index in [2.05, 4.69) is 31.3 Å². The average Bonchev–Trinajstić information content (AvgIpc) is 2.43. The van der Waals surface area contributed by atoms with Crippen molar-refractivity contribution in [2.75, 3.05) is 6.54 Å². The van der Waals surface area contributed by atoms with Gasteiger partial charge in [-0.25, -0.2) is 4.39 Å². The molecule has 1 nitrogen and oxygen atoms in total. The zero-order chi connectivity index (χ0) is 14.6. The molecular formula is C17H19ClFN. The van der Waals surface area contributed by atoms with E-state index in [1.54, 1.807) is 6.07 Å². The van der Waals surface area contributed by atoms with E-state index in [0.717, 1.165) is 12.1 Å². The van der Waals surface area contributed by atoms with Gasteiger partial charge in [0.2, 0.25) is 0 Å². The van der Waals surface area contributed by atoms with Crippen LogP contribution in [0, 0.1) is 5.82 Å². The van der Waals surface area contributed by atoms with Crippen molar-refractivity contribution in [1.82, 2.24) is 5.32 Å². The van der Waals surface area contributed by atoms with Crippen molar-refractivity contribution >= 4 is 11.6 Å². The fraction of sp³-hybridized carbons (Fsp3) is 0.294. The molecule has 0 heterocycles. The van der Waals surface area contributed by atoms with Crippen LogP contribution in [0.1, 0.15) is 25.0 Å². The molecule has 0 bridgehead atoms. The number of rotatable bonds is 5. The molecule has 0 saturated carbocycles. The average molecular weight is 292 g/mol. The zero-order valence-electron chi connectivity index (χ0n) is 11.8. The van der Waals surface area contributed by atoms with E-state index in [-0.39, 0.29) is 11.2 Å². The van der Waals surface area contributed by atoms with Crippen LogP contribution in [-0.4, -0.2) is 6.54 Å². The quantitative estimate of drug-likeness (QED) is 0.852. The van der Waals surface area contributed by atoms with Gasteiger partial charge in [-0.3, -0.25) is 0 Å². The minimum Gasteiger partial charge on any atom is -0.312 e. The second-order valence-electron chi connectivity index (χ2n) is 5.59. The Labute approximate surface area is 124 Å². The van der Waals surface area contributed by atoms with Gasteiger partial charge in [-0.2, -0.15) is 0 Å². The van der Waals surface area contributed by atoms with E-state index in [1.807, 2.05) is 18.2 Å². The lowest BCUT2D eigenvalue weighted by molar-refractivity contribution is 0.468. The molecule has 0 atom stereocenters. The Hall–Kier alpha value is -1.38. The topological polar surface area (TPSA) is 12.0 Å². The maximum absolute atomic E-state index is 13.2. The Kier molecular flexibility index (Phi) is 4.79. The fourth-order valence-corrected chi connectivity index (χ4v) is 2.36. The van der Waals surface area contributed by atoms with Crippen molar-refractivity contribution < 1.29 is 4.39 Å². The zero-order valence-corrected chi connectivity index (χ0v) is 12.5. The Morgan fingerprint density at radius 2 is 1.80 bits per heavy atom. The van der Waals surface area contributed by atoms with Gasteiger partial charge in [0.05, 0.1) is 0 Å². The lowest BCUT2D eigenvalue weighted by Crippen LogP contribution is -2.32. The largest absolute Gasteiger partial charge is 0.312 e. The molecule has 0 aliphatic heterocycles. The summed E-state index contributed by atoms with van der Waals surface area (Å²) in [5.41, 5.74) is 2.08. The Balaban J connectivity index is 1.97. The first-order valence-electron chi connectivity index (χ1n) is 6.69. The summed E-state index contributed by atoms with van der Waals surface area (Å²) in [5, 5.41) is 3.95. The second kappa shape index (κ2) is 6.38. The highest BCUT2D eigenvalue weighted by Crippen LogP contribution is 2.22. The van der Waals surface area contributed by atoms with Crippen molar-refractivity contribution in [3.63, 3.8) is 0 Å². The van der Waals surface area contributed by atoms with Crippen LogP contribution < -0.4 is 5.32 Å². The van der Waals surface area contributed by atoms with Crippen LogP contribution in [0.25, 0.3) is 0 Å². The molecule has 0 fully saturated rings. The van der Waals surface area contributed by atoms with Gasteiger partial charge in [0.15, 0.2) is 0 Å². The molecule has 20 heavy (non-hydrogen) atoms. The molecule has 2 rings (SSSR count). The summed E-state index contributed by atoms with van der Waals surface area (Å²) in [6.45, 7) is 5.72. The van der Waals surface area contributed by atoms with Crippen LogP contribution >= 0.6 is 11.6 Å². The van der Waals surface area contributed by atoms with Gasteiger partial charge in [-0.15, -0.1) is 0 Å². The Bertz CT molecular complexity index is 566. The predicted molar refractivity (Wildman–Crippen MR) is 82.6 cm³/mol. The number of benzene rings is 2. The highest BCUT2D eigenvalue weighted by molar-refractivity contribution is 6.31. The van der Waals surface area contributed by atoms with Crippen LogP contribution in [-0.2, 0) is 12.0 Å². The third-order valence-corrected chi connectivity index (χ3v) is 3.81. The van der Waals surface area contributed by atoms with Gasteiger partial charge in [0.25, 0.3) is 0 Å². The summed E-state index contributed by atoms with van der Waals surface area (Å²) in [5.74, 6) is -0.256. The van der Waals surface area contributed by atoms with E-state index in [9.17, 15) is 4.39 Å². The van der Waals surface area contributed by atoms with Gasteiger partial charge in [0.1, 0.15) is 5.82 Å². The standard InChI is InChI=1S/C17H19ClFN/c1-17(2,14-6-4-3-5-7-14)12-20-11-13-10-15(19)8-9-16(13)18/h3-10,20H,11-12H2,1-2H3. The SMILES string of the molecule is CC(C)(CNCc1cc(F)ccc1Cl)c1ccccc1. The first-order valence-corrected chi connectivity index (χ1v) is 7.07. The first-order chi connectivity index (χ1) is 9.49. The molecule has 0 radical (unpaired) electrons. The molecular weight excluding hydrogens is 273 g/mol. The molecule has 1 N–H and O–H groups in total. The van der Waals surface area contributed by atoms with Gasteiger partial charge in [-0.1, -0.05) is 55.8 Å². The van der Waals surface area contributed by atoms with Crippen LogP contribution in [0.5, 0.6) is 0 Å². The molecule has 0 aliphatic rings. The van der Waals surface area contributed by atoms with Crippen LogP contribution in [0.2, 0.25) is 5.02 Å². The van der Waals surface area contributed by atoms with Crippen molar-refractivity contribution in [2.45, 2.75) is 25.8 Å². The molecule has 0 amide bonds. The van der Waals surface area contributed by atoms with Gasteiger partial charge < -0.3 is 5.32 Å². The van der Waals surface area contributed by atoms with E-state index in [4.69, 9.17) is 11.6 Å². The monoisotopic (exact) mass is 291 g/mol. The smallest absolute Gasteiger partial charge is 0.123 e. The maximum Gasteiger partial charge on any atom is 0.123 e. The van der Waals surface area contributed by atoms with E-state index < -0.39 is 0 Å². The van der Waals surface area contributed by atoms with Crippen LogP contribution in [0.3, 0.4) is 0 Å².